The summed E-state index contributed by atoms with van der Waals surface area (Å²) in [5.41, 5.74) is 3.73. The Morgan fingerprint density at radius 1 is 0.731 bits per heavy atom. The summed E-state index contributed by atoms with van der Waals surface area (Å²) in [5, 5.41) is 9.27. The average Bonchev–Trinajstić information content (AvgIpc) is 2.65. The summed E-state index contributed by atoms with van der Waals surface area (Å²) in [7, 11) is 0. The van der Waals surface area contributed by atoms with E-state index in [2.05, 4.69) is 19.1 Å². The van der Waals surface area contributed by atoms with Crippen molar-refractivity contribution < 1.29 is 13.9 Å². The van der Waals surface area contributed by atoms with Crippen molar-refractivity contribution >= 4 is 0 Å². The number of rotatable bonds is 6. The first-order valence-electron chi connectivity index (χ1n) is 8.96. The fourth-order valence-electron chi connectivity index (χ4n) is 3.05. The zero-order valence-electron chi connectivity index (χ0n) is 14.8. The number of phenols is 1. The highest BCUT2D eigenvalue weighted by molar-refractivity contribution is 5.71. The molecule has 0 fully saturated rings. The van der Waals surface area contributed by atoms with Crippen molar-refractivity contribution in [2.24, 2.45) is 0 Å². The van der Waals surface area contributed by atoms with Gasteiger partial charge >= 0.3 is 0 Å². The molecule has 0 aliphatic carbocycles. The maximum Gasteiger partial charge on any atom is 0.165 e. The van der Waals surface area contributed by atoms with Gasteiger partial charge in [-0.2, -0.15) is 0 Å². The minimum absolute atomic E-state index is 0.309. The van der Waals surface area contributed by atoms with Gasteiger partial charge in [0.1, 0.15) is 5.82 Å². The molecule has 3 aromatic rings. The number of benzene rings is 3. The van der Waals surface area contributed by atoms with Crippen molar-refractivity contribution in [3.8, 4) is 28.0 Å². The molecule has 1 N–H and O–H groups in total. The van der Waals surface area contributed by atoms with E-state index in [0.717, 1.165) is 23.6 Å². The van der Waals surface area contributed by atoms with Crippen LogP contribution in [0, 0.1) is 11.6 Å². The number of hydrogen-bond acceptors (Lipinski definition) is 1. The summed E-state index contributed by atoms with van der Waals surface area (Å²) in [5.74, 6) is -1.62. The Morgan fingerprint density at radius 2 is 1.38 bits per heavy atom. The molecule has 0 aliphatic heterocycles. The Balaban J connectivity index is 1.81. The third-order valence-corrected chi connectivity index (χ3v) is 4.58. The Kier molecular flexibility index (Phi) is 5.67. The number of unbranched alkanes of at least 4 members (excludes halogenated alkanes) is 2. The lowest BCUT2D eigenvalue weighted by atomic mass is 9.98. The molecule has 26 heavy (non-hydrogen) atoms. The van der Waals surface area contributed by atoms with Crippen LogP contribution in [-0.4, -0.2) is 5.11 Å². The number of phenolic OH excluding ortho intramolecular Hbond substituents is 1. The fourth-order valence-corrected chi connectivity index (χ4v) is 3.05. The second-order valence-electron chi connectivity index (χ2n) is 6.51. The molecule has 0 aromatic heterocycles. The molecule has 0 saturated heterocycles. The first-order valence-corrected chi connectivity index (χ1v) is 8.96. The van der Waals surface area contributed by atoms with Crippen molar-refractivity contribution in [1.29, 1.82) is 0 Å². The maximum atomic E-state index is 14.6. The van der Waals surface area contributed by atoms with Gasteiger partial charge in [-0.1, -0.05) is 62.2 Å². The quantitative estimate of drug-likeness (QED) is 0.487. The average molecular weight is 352 g/mol. The van der Waals surface area contributed by atoms with Gasteiger partial charge in [-0.15, -0.1) is 0 Å². The van der Waals surface area contributed by atoms with Gasteiger partial charge < -0.3 is 5.11 Å². The molecule has 3 heteroatoms. The summed E-state index contributed by atoms with van der Waals surface area (Å²) in [6, 6.07) is 17.0. The summed E-state index contributed by atoms with van der Waals surface area (Å²) < 4.78 is 28.1. The highest BCUT2D eigenvalue weighted by atomic mass is 19.1. The summed E-state index contributed by atoms with van der Waals surface area (Å²) in [4.78, 5) is 0. The van der Waals surface area contributed by atoms with Gasteiger partial charge in [0.25, 0.3) is 0 Å². The minimum Gasteiger partial charge on any atom is -0.505 e. The molecular weight excluding hydrogens is 330 g/mol. The summed E-state index contributed by atoms with van der Waals surface area (Å²) >= 11 is 0. The molecule has 0 bridgehead atoms. The van der Waals surface area contributed by atoms with Gasteiger partial charge in [0.05, 0.1) is 0 Å². The standard InChI is InChI=1S/C23H22F2O/c1-2-3-4-5-16-6-8-17(9-7-16)18-10-12-20(21(24)14-18)19-11-13-23(26)22(25)15-19/h6-15,26H,2-5H2,1H3. The van der Waals surface area contributed by atoms with E-state index in [0.29, 0.717) is 11.1 Å². The van der Waals surface area contributed by atoms with Crippen LogP contribution in [0.25, 0.3) is 22.3 Å². The lowest BCUT2D eigenvalue weighted by Crippen LogP contribution is -1.89. The van der Waals surface area contributed by atoms with Crippen LogP contribution in [0.3, 0.4) is 0 Å². The third-order valence-electron chi connectivity index (χ3n) is 4.58. The van der Waals surface area contributed by atoms with Crippen LogP contribution >= 0.6 is 0 Å². The number of aromatic hydroxyl groups is 1. The first kappa shape index (κ1) is 18.1. The van der Waals surface area contributed by atoms with Crippen molar-refractivity contribution in [3.05, 3.63) is 77.9 Å². The molecule has 0 unspecified atom stereocenters. The molecule has 0 radical (unpaired) electrons. The van der Waals surface area contributed by atoms with E-state index < -0.39 is 17.4 Å². The molecule has 0 heterocycles. The Hall–Kier alpha value is -2.68. The van der Waals surface area contributed by atoms with Crippen LogP contribution in [0.4, 0.5) is 8.78 Å². The molecule has 0 atom stereocenters. The van der Waals surface area contributed by atoms with E-state index >= 15 is 0 Å². The molecule has 1 nitrogen and oxygen atoms in total. The van der Waals surface area contributed by atoms with Gasteiger partial charge in [0, 0.05) is 5.56 Å². The monoisotopic (exact) mass is 352 g/mol. The van der Waals surface area contributed by atoms with E-state index in [9.17, 15) is 13.9 Å². The predicted molar refractivity (Wildman–Crippen MR) is 102 cm³/mol. The second kappa shape index (κ2) is 8.13. The minimum atomic E-state index is -0.760. The molecule has 0 aliphatic rings. The molecular formula is C23H22F2O. The van der Waals surface area contributed by atoms with Gasteiger partial charge in [-0.25, -0.2) is 8.78 Å². The third kappa shape index (κ3) is 4.10. The maximum absolute atomic E-state index is 14.6. The molecule has 0 amide bonds. The van der Waals surface area contributed by atoms with Crippen LogP contribution < -0.4 is 0 Å². The number of aryl methyl sites for hydroxylation is 1. The molecule has 134 valence electrons. The van der Waals surface area contributed by atoms with E-state index in [1.54, 1.807) is 6.07 Å². The van der Waals surface area contributed by atoms with Gasteiger partial charge in [-0.05, 0) is 53.3 Å². The van der Waals surface area contributed by atoms with E-state index in [1.165, 1.54) is 43.0 Å². The van der Waals surface area contributed by atoms with Crippen molar-refractivity contribution in [2.45, 2.75) is 32.6 Å². The molecule has 3 aromatic carbocycles. The Morgan fingerprint density at radius 3 is 2.04 bits per heavy atom. The normalized spacial score (nSPS) is 10.9. The topological polar surface area (TPSA) is 20.2 Å². The molecule has 0 spiro atoms. The van der Waals surface area contributed by atoms with Crippen LogP contribution in [-0.2, 0) is 6.42 Å². The smallest absolute Gasteiger partial charge is 0.165 e. The summed E-state index contributed by atoms with van der Waals surface area (Å²) in [6.07, 6.45) is 4.68. The van der Waals surface area contributed by atoms with Crippen LogP contribution in [0.1, 0.15) is 31.7 Å². The van der Waals surface area contributed by atoms with E-state index in [-0.39, 0.29) is 0 Å². The van der Waals surface area contributed by atoms with Crippen LogP contribution in [0.5, 0.6) is 5.75 Å². The van der Waals surface area contributed by atoms with Gasteiger partial charge in [0.15, 0.2) is 11.6 Å². The Labute approximate surface area is 152 Å². The van der Waals surface area contributed by atoms with Crippen molar-refractivity contribution in [2.75, 3.05) is 0 Å². The lowest BCUT2D eigenvalue weighted by molar-refractivity contribution is 0.432. The highest BCUT2D eigenvalue weighted by Crippen LogP contribution is 2.30. The first-order chi connectivity index (χ1) is 12.6. The largest absolute Gasteiger partial charge is 0.505 e. The van der Waals surface area contributed by atoms with Gasteiger partial charge in [-0.3, -0.25) is 0 Å². The molecule has 3 rings (SSSR count). The van der Waals surface area contributed by atoms with Crippen LogP contribution in [0.15, 0.2) is 60.7 Å². The predicted octanol–water partition coefficient (Wildman–Crippen LogP) is 6.74. The van der Waals surface area contributed by atoms with Crippen molar-refractivity contribution in [1.82, 2.24) is 0 Å². The van der Waals surface area contributed by atoms with Crippen LogP contribution in [0.2, 0.25) is 0 Å². The zero-order chi connectivity index (χ0) is 18.5. The Bertz CT molecular complexity index is 885. The summed E-state index contributed by atoms with van der Waals surface area (Å²) in [6.45, 7) is 2.19. The number of hydrogen-bond donors (Lipinski definition) is 1. The zero-order valence-corrected chi connectivity index (χ0v) is 14.8. The van der Waals surface area contributed by atoms with E-state index in [4.69, 9.17) is 0 Å². The SMILES string of the molecule is CCCCCc1ccc(-c2ccc(-c3ccc(O)c(F)c3)c(F)c2)cc1. The lowest BCUT2D eigenvalue weighted by Gasteiger charge is -2.09. The highest BCUT2D eigenvalue weighted by Gasteiger charge is 2.10. The molecule has 0 saturated carbocycles. The second-order valence-corrected chi connectivity index (χ2v) is 6.51. The fraction of sp³-hybridized carbons (Fsp3) is 0.217. The number of halogens is 2. The van der Waals surface area contributed by atoms with Gasteiger partial charge in [0.2, 0.25) is 0 Å². The van der Waals surface area contributed by atoms with Crippen molar-refractivity contribution in [3.63, 3.8) is 0 Å². The van der Waals surface area contributed by atoms with E-state index in [1.807, 2.05) is 18.2 Å².